The Balaban J connectivity index is 2.29. The Kier molecular flexibility index (Phi) is 6.58. The maximum absolute atomic E-state index is 11.9. The van der Waals surface area contributed by atoms with E-state index in [1.165, 1.54) is 10.6 Å². The van der Waals surface area contributed by atoms with Crippen molar-refractivity contribution in [3.63, 3.8) is 0 Å². The summed E-state index contributed by atoms with van der Waals surface area (Å²) >= 11 is 1.55. The maximum atomic E-state index is 11.9. The molecule has 1 amide bonds. The van der Waals surface area contributed by atoms with Gasteiger partial charge in [-0.1, -0.05) is 6.92 Å². The topological polar surface area (TPSA) is 83.7 Å². The summed E-state index contributed by atoms with van der Waals surface area (Å²) in [5, 5.41) is 0. The number of nitrogens with zero attached hydrogens (tertiary/aromatic N) is 2. The van der Waals surface area contributed by atoms with Gasteiger partial charge in [-0.2, -0.15) is 16.1 Å². The fourth-order valence-corrected chi connectivity index (χ4v) is 3.62. The Morgan fingerprint density at radius 1 is 1.32 bits per heavy atom. The predicted molar refractivity (Wildman–Crippen MR) is 78.6 cm³/mol. The van der Waals surface area contributed by atoms with Crippen LogP contribution in [-0.4, -0.2) is 73.5 Å². The summed E-state index contributed by atoms with van der Waals surface area (Å²) in [7, 11) is -3.13. The molecule has 6 nitrogen and oxygen atoms in total. The van der Waals surface area contributed by atoms with Crippen molar-refractivity contribution in [1.29, 1.82) is 0 Å². The van der Waals surface area contributed by atoms with Crippen molar-refractivity contribution in [3.8, 4) is 0 Å². The van der Waals surface area contributed by atoms with E-state index in [2.05, 4.69) is 0 Å². The molecule has 1 rings (SSSR count). The highest BCUT2D eigenvalue weighted by Crippen LogP contribution is 2.10. The first-order chi connectivity index (χ1) is 8.84. The lowest BCUT2D eigenvalue weighted by atomic mass is 10.3. The lowest BCUT2D eigenvalue weighted by Gasteiger charge is -2.33. The highest BCUT2D eigenvalue weighted by atomic mass is 32.2. The molecule has 8 heteroatoms. The second kappa shape index (κ2) is 7.47. The van der Waals surface area contributed by atoms with E-state index in [4.69, 9.17) is 5.73 Å². The van der Waals surface area contributed by atoms with Gasteiger partial charge < -0.3 is 10.6 Å². The molecule has 2 N–H and O–H groups in total. The van der Waals surface area contributed by atoms with Crippen LogP contribution in [0.25, 0.3) is 0 Å². The zero-order chi connectivity index (χ0) is 14.5. The maximum Gasteiger partial charge on any atom is 0.232 e. The van der Waals surface area contributed by atoms with Crippen LogP contribution in [0.5, 0.6) is 0 Å². The van der Waals surface area contributed by atoms with Gasteiger partial charge in [0.05, 0.1) is 12.0 Å². The van der Waals surface area contributed by atoms with E-state index in [1.807, 2.05) is 6.92 Å². The molecule has 0 aromatic carbocycles. The Labute approximate surface area is 119 Å². The number of carbonyl (C=O) groups is 1. The van der Waals surface area contributed by atoms with Crippen molar-refractivity contribution < 1.29 is 13.2 Å². The molecular formula is C11H23N3O3S2. The number of thioether (sulfide) groups is 1. The summed E-state index contributed by atoms with van der Waals surface area (Å²) in [6.07, 6.45) is 2.11. The fraction of sp³-hybridized carbons (Fsp3) is 0.909. The van der Waals surface area contributed by atoms with Gasteiger partial charge in [0.15, 0.2) is 0 Å². The molecule has 1 aliphatic heterocycles. The largest absolute Gasteiger partial charge is 0.339 e. The lowest BCUT2D eigenvalue weighted by molar-refractivity contribution is -0.129. The van der Waals surface area contributed by atoms with Crippen LogP contribution in [0.15, 0.2) is 0 Å². The van der Waals surface area contributed by atoms with E-state index in [0.29, 0.717) is 31.9 Å². The number of hydrogen-bond donors (Lipinski definition) is 1. The van der Waals surface area contributed by atoms with Gasteiger partial charge in [0.2, 0.25) is 15.9 Å². The molecule has 0 radical (unpaired) electrons. The quantitative estimate of drug-likeness (QED) is 0.719. The monoisotopic (exact) mass is 309 g/mol. The van der Waals surface area contributed by atoms with Crippen molar-refractivity contribution in [3.05, 3.63) is 0 Å². The molecule has 1 unspecified atom stereocenters. The first kappa shape index (κ1) is 16.7. The molecule has 1 fully saturated rings. The third kappa shape index (κ3) is 5.68. The van der Waals surface area contributed by atoms with Gasteiger partial charge in [-0.15, -0.1) is 0 Å². The molecule has 0 spiro atoms. The molecule has 112 valence electrons. The first-order valence-corrected chi connectivity index (χ1v) is 9.41. The molecule has 19 heavy (non-hydrogen) atoms. The smallest absolute Gasteiger partial charge is 0.232 e. The SMILES string of the molecule is CCC(N)CSCC(=O)N1CCN(S(C)(=O)=O)CC1. The van der Waals surface area contributed by atoms with Gasteiger partial charge in [-0.3, -0.25) is 4.79 Å². The van der Waals surface area contributed by atoms with Crippen LogP contribution in [0.3, 0.4) is 0 Å². The van der Waals surface area contributed by atoms with Crippen LogP contribution in [0, 0.1) is 0 Å². The van der Waals surface area contributed by atoms with E-state index in [9.17, 15) is 13.2 Å². The van der Waals surface area contributed by atoms with Gasteiger partial charge in [0, 0.05) is 38.0 Å². The fourth-order valence-electron chi connectivity index (χ4n) is 1.78. The Hall–Kier alpha value is -0.310. The van der Waals surface area contributed by atoms with Crippen LogP contribution in [-0.2, 0) is 14.8 Å². The van der Waals surface area contributed by atoms with E-state index < -0.39 is 10.0 Å². The normalized spacial score (nSPS) is 19.4. The summed E-state index contributed by atoms with van der Waals surface area (Å²) in [5.41, 5.74) is 5.78. The Bertz CT molecular complexity index is 392. The van der Waals surface area contributed by atoms with Gasteiger partial charge in [0.1, 0.15) is 0 Å². The minimum absolute atomic E-state index is 0.0708. The van der Waals surface area contributed by atoms with Crippen LogP contribution < -0.4 is 5.73 Å². The molecule has 0 saturated carbocycles. The molecule has 1 aliphatic rings. The van der Waals surface area contributed by atoms with Crippen molar-refractivity contribution in [2.45, 2.75) is 19.4 Å². The zero-order valence-corrected chi connectivity index (χ0v) is 13.2. The highest BCUT2D eigenvalue weighted by molar-refractivity contribution is 8.00. The van der Waals surface area contributed by atoms with E-state index in [-0.39, 0.29) is 11.9 Å². The Morgan fingerprint density at radius 2 is 1.89 bits per heavy atom. The van der Waals surface area contributed by atoms with Crippen molar-refractivity contribution >= 4 is 27.7 Å². The molecule has 0 bridgehead atoms. The molecule has 1 heterocycles. The third-order valence-electron chi connectivity index (χ3n) is 3.14. The predicted octanol–water partition coefficient (Wildman–Crippen LogP) is -0.439. The number of carbonyl (C=O) groups excluding carboxylic acids is 1. The van der Waals surface area contributed by atoms with Crippen molar-refractivity contribution in [1.82, 2.24) is 9.21 Å². The van der Waals surface area contributed by atoms with E-state index in [1.54, 1.807) is 16.7 Å². The number of piperazine rings is 1. The van der Waals surface area contributed by atoms with Crippen LogP contribution in [0.2, 0.25) is 0 Å². The summed E-state index contributed by atoms with van der Waals surface area (Å²) in [6, 6.07) is 0.139. The minimum Gasteiger partial charge on any atom is -0.339 e. The molecular weight excluding hydrogens is 286 g/mol. The average molecular weight is 309 g/mol. The van der Waals surface area contributed by atoms with Gasteiger partial charge in [0.25, 0.3) is 0 Å². The summed E-state index contributed by atoms with van der Waals surface area (Å²) in [4.78, 5) is 13.6. The minimum atomic E-state index is -3.13. The number of nitrogens with two attached hydrogens (primary N) is 1. The Morgan fingerprint density at radius 3 is 2.37 bits per heavy atom. The molecule has 0 aromatic rings. The summed E-state index contributed by atoms with van der Waals surface area (Å²) in [5.74, 6) is 1.28. The van der Waals surface area contributed by atoms with E-state index >= 15 is 0 Å². The number of sulfonamides is 1. The molecule has 0 aromatic heterocycles. The third-order valence-corrected chi connectivity index (χ3v) is 5.56. The number of hydrogen-bond acceptors (Lipinski definition) is 5. The average Bonchev–Trinajstić information content (AvgIpc) is 2.37. The second-order valence-corrected chi connectivity index (χ2v) is 7.74. The van der Waals surface area contributed by atoms with Crippen molar-refractivity contribution in [2.24, 2.45) is 5.73 Å². The molecule has 1 atom stereocenters. The van der Waals surface area contributed by atoms with Crippen LogP contribution in [0.1, 0.15) is 13.3 Å². The molecule has 1 saturated heterocycles. The lowest BCUT2D eigenvalue weighted by Crippen LogP contribution is -2.50. The first-order valence-electron chi connectivity index (χ1n) is 6.40. The zero-order valence-electron chi connectivity index (χ0n) is 11.5. The number of rotatable bonds is 6. The van der Waals surface area contributed by atoms with Gasteiger partial charge in [-0.05, 0) is 6.42 Å². The number of amides is 1. The van der Waals surface area contributed by atoms with Gasteiger partial charge >= 0.3 is 0 Å². The summed E-state index contributed by atoms with van der Waals surface area (Å²) in [6.45, 7) is 3.77. The summed E-state index contributed by atoms with van der Waals surface area (Å²) < 4.78 is 24.1. The van der Waals surface area contributed by atoms with Crippen molar-refractivity contribution in [2.75, 3.05) is 43.9 Å². The second-order valence-electron chi connectivity index (χ2n) is 4.73. The van der Waals surface area contributed by atoms with Gasteiger partial charge in [-0.25, -0.2) is 8.42 Å². The molecule has 0 aliphatic carbocycles. The highest BCUT2D eigenvalue weighted by Gasteiger charge is 2.25. The van der Waals surface area contributed by atoms with Crippen LogP contribution in [0.4, 0.5) is 0 Å². The standard InChI is InChI=1S/C11H23N3O3S2/c1-3-10(12)8-18-9-11(15)13-4-6-14(7-5-13)19(2,16)17/h10H,3-9,12H2,1-2H3. The van der Waals surface area contributed by atoms with E-state index in [0.717, 1.165) is 12.2 Å². The van der Waals surface area contributed by atoms with Crippen LogP contribution >= 0.6 is 11.8 Å².